The van der Waals surface area contributed by atoms with Gasteiger partial charge in [0.2, 0.25) is 0 Å². The molecule has 1 aromatic carbocycles. The lowest BCUT2D eigenvalue weighted by Gasteiger charge is -2.37. The lowest BCUT2D eigenvalue weighted by Crippen LogP contribution is -2.22. The fourth-order valence-electron chi connectivity index (χ4n) is 5.26. The van der Waals surface area contributed by atoms with Crippen molar-refractivity contribution in [3.8, 4) is 0 Å². The van der Waals surface area contributed by atoms with E-state index in [1.54, 1.807) is 11.1 Å². The van der Waals surface area contributed by atoms with Crippen LogP contribution >= 0.6 is 0 Å². The van der Waals surface area contributed by atoms with Gasteiger partial charge in [0.15, 0.2) is 0 Å². The van der Waals surface area contributed by atoms with Gasteiger partial charge < -0.3 is 0 Å². The molecule has 0 saturated heterocycles. The summed E-state index contributed by atoms with van der Waals surface area (Å²) in [6.07, 6.45) is 17.0. The second kappa shape index (κ2) is 8.74. The van der Waals surface area contributed by atoms with Crippen LogP contribution in [0.2, 0.25) is 0 Å². The molecule has 0 heteroatoms. The quantitative estimate of drug-likeness (QED) is 0.493. The average molecular weight is 341 g/mol. The predicted octanol–water partition coefficient (Wildman–Crippen LogP) is 7.91. The van der Waals surface area contributed by atoms with Crippen LogP contribution in [-0.4, -0.2) is 0 Å². The third-order valence-electron chi connectivity index (χ3n) is 7.88. The highest BCUT2D eigenvalue weighted by Gasteiger charge is 2.29. The van der Waals surface area contributed by atoms with Gasteiger partial charge in [0.25, 0.3) is 0 Å². The zero-order valence-electron chi connectivity index (χ0n) is 17.0. The molecule has 2 aliphatic carbocycles. The molecule has 0 bridgehead atoms. The maximum atomic E-state index is 2.49. The Morgan fingerprint density at radius 1 is 0.840 bits per heavy atom. The van der Waals surface area contributed by atoms with E-state index < -0.39 is 0 Å². The molecule has 0 heterocycles. The first-order valence-electron chi connectivity index (χ1n) is 11.2. The topological polar surface area (TPSA) is 0 Å². The number of hydrogen-bond acceptors (Lipinski definition) is 0. The lowest BCUT2D eigenvalue weighted by atomic mass is 9.69. The molecule has 2 fully saturated rings. The Balaban J connectivity index is 1.45. The van der Waals surface area contributed by atoms with Crippen LogP contribution in [0.1, 0.15) is 108 Å². The van der Waals surface area contributed by atoms with Crippen LogP contribution in [0.5, 0.6) is 0 Å². The van der Waals surface area contributed by atoms with Crippen molar-refractivity contribution in [3.63, 3.8) is 0 Å². The van der Waals surface area contributed by atoms with E-state index in [-0.39, 0.29) is 0 Å². The Hall–Kier alpha value is -0.780. The van der Waals surface area contributed by atoms with Gasteiger partial charge in [0.05, 0.1) is 0 Å². The SMILES string of the molecule is CCC1CCC(CCc2ccc(C3CCC(C)(CC)CC3)cc2)CC1. The molecule has 0 N–H and O–H groups in total. The standard InChI is InChI=1S/C25H40/c1-4-20-6-8-21(9-7-20)10-11-22-12-14-23(15-13-22)24-16-18-25(3,5-2)19-17-24/h12-15,20-21,24H,4-11,16-19H2,1-3H3. The second-order valence-electron chi connectivity index (χ2n) is 9.51. The third kappa shape index (κ3) is 5.11. The minimum atomic E-state index is 0.618. The van der Waals surface area contributed by atoms with Crippen molar-refractivity contribution < 1.29 is 0 Å². The van der Waals surface area contributed by atoms with E-state index in [0.29, 0.717) is 5.41 Å². The Morgan fingerprint density at radius 3 is 2.00 bits per heavy atom. The summed E-state index contributed by atoms with van der Waals surface area (Å²) in [6.45, 7) is 7.21. The van der Waals surface area contributed by atoms with Crippen LogP contribution in [-0.2, 0) is 6.42 Å². The van der Waals surface area contributed by atoms with Crippen molar-refractivity contribution >= 4 is 0 Å². The smallest absolute Gasteiger partial charge is 0.0162 e. The first-order chi connectivity index (χ1) is 12.1. The fourth-order valence-corrected chi connectivity index (χ4v) is 5.26. The molecule has 0 atom stereocenters. The largest absolute Gasteiger partial charge is 0.0651 e. The van der Waals surface area contributed by atoms with E-state index in [4.69, 9.17) is 0 Å². The predicted molar refractivity (Wildman–Crippen MR) is 110 cm³/mol. The molecule has 1 aromatic rings. The van der Waals surface area contributed by atoms with Gasteiger partial charge in [-0.1, -0.05) is 83.6 Å². The number of aryl methyl sites for hydroxylation is 1. The Morgan fingerprint density at radius 2 is 1.44 bits per heavy atom. The van der Waals surface area contributed by atoms with E-state index in [1.807, 2.05) is 0 Å². The molecule has 3 rings (SSSR count). The van der Waals surface area contributed by atoms with E-state index in [2.05, 4.69) is 45.0 Å². The normalized spacial score (nSPS) is 33.3. The lowest BCUT2D eigenvalue weighted by molar-refractivity contribution is 0.191. The number of benzene rings is 1. The van der Waals surface area contributed by atoms with Crippen molar-refractivity contribution in [1.29, 1.82) is 0 Å². The zero-order chi connectivity index (χ0) is 17.7. The summed E-state index contributed by atoms with van der Waals surface area (Å²) in [4.78, 5) is 0. The molecule has 25 heavy (non-hydrogen) atoms. The highest BCUT2D eigenvalue weighted by atomic mass is 14.3. The average Bonchev–Trinajstić information content (AvgIpc) is 2.68. The second-order valence-corrected chi connectivity index (χ2v) is 9.51. The van der Waals surface area contributed by atoms with Gasteiger partial charge in [-0.2, -0.15) is 0 Å². The molecule has 2 saturated carbocycles. The first-order valence-corrected chi connectivity index (χ1v) is 11.2. The van der Waals surface area contributed by atoms with Crippen molar-refractivity contribution in [2.75, 3.05) is 0 Å². The summed E-state index contributed by atoms with van der Waals surface area (Å²) < 4.78 is 0. The van der Waals surface area contributed by atoms with Crippen molar-refractivity contribution in [3.05, 3.63) is 35.4 Å². The summed E-state index contributed by atoms with van der Waals surface area (Å²) in [5, 5.41) is 0. The molecule has 0 nitrogen and oxygen atoms in total. The van der Waals surface area contributed by atoms with Gasteiger partial charge in [0.1, 0.15) is 0 Å². The summed E-state index contributed by atoms with van der Waals surface area (Å²) >= 11 is 0. The van der Waals surface area contributed by atoms with Crippen LogP contribution in [0.15, 0.2) is 24.3 Å². The molecule has 0 unspecified atom stereocenters. The molecular formula is C25H40. The fraction of sp³-hybridized carbons (Fsp3) is 0.760. The Bertz CT molecular complexity index is 495. The highest BCUT2D eigenvalue weighted by molar-refractivity contribution is 5.26. The zero-order valence-corrected chi connectivity index (χ0v) is 17.0. The molecular weight excluding hydrogens is 300 g/mol. The third-order valence-corrected chi connectivity index (χ3v) is 7.88. The van der Waals surface area contributed by atoms with Crippen LogP contribution in [0.25, 0.3) is 0 Å². The monoisotopic (exact) mass is 340 g/mol. The summed E-state index contributed by atoms with van der Waals surface area (Å²) in [5.74, 6) is 2.84. The van der Waals surface area contributed by atoms with Crippen LogP contribution < -0.4 is 0 Å². The summed E-state index contributed by atoms with van der Waals surface area (Å²) in [5.41, 5.74) is 3.79. The molecule has 0 spiro atoms. The van der Waals surface area contributed by atoms with E-state index in [9.17, 15) is 0 Å². The first kappa shape index (κ1) is 19.0. The van der Waals surface area contributed by atoms with Gasteiger partial charge in [0, 0.05) is 0 Å². The molecule has 2 aliphatic rings. The van der Waals surface area contributed by atoms with Gasteiger partial charge in [-0.25, -0.2) is 0 Å². The minimum absolute atomic E-state index is 0.618. The van der Waals surface area contributed by atoms with Gasteiger partial charge in [-0.3, -0.25) is 0 Å². The molecule has 0 amide bonds. The van der Waals surface area contributed by atoms with E-state index in [0.717, 1.165) is 17.8 Å². The highest BCUT2D eigenvalue weighted by Crippen LogP contribution is 2.44. The molecule has 140 valence electrons. The van der Waals surface area contributed by atoms with E-state index in [1.165, 1.54) is 77.0 Å². The van der Waals surface area contributed by atoms with Gasteiger partial charge >= 0.3 is 0 Å². The number of rotatable bonds is 6. The van der Waals surface area contributed by atoms with Crippen molar-refractivity contribution in [2.24, 2.45) is 17.3 Å². The van der Waals surface area contributed by atoms with Crippen molar-refractivity contribution in [2.45, 2.75) is 104 Å². The minimum Gasteiger partial charge on any atom is -0.0651 e. The van der Waals surface area contributed by atoms with Crippen LogP contribution in [0.4, 0.5) is 0 Å². The summed E-state index contributed by atoms with van der Waals surface area (Å²) in [7, 11) is 0. The van der Waals surface area contributed by atoms with Crippen LogP contribution in [0, 0.1) is 17.3 Å². The molecule has 0 aromatic heterocycles. The summed E-state index contributed by atoms with van der Waals surface area (Å²) in [6, 6.07) is 9.76. The Labute approximate surface area is 156 Å². The van der Waals surface area contributed by atoms with Crippen molar-refractivity contribution in [1.82, 2.24) is 0 Å². The number of hydrogen-bond donors (Lipinski definition) is 0. The Kier molecular flexibility index (Phi) is 6.64. The molecule has 0 radical (unpaired) electrons. The van der Waals surface area contributed by atoms with Crippen LogP contribution in [0.3, 0.4) is 0 Å². The van der Waals surface area contributed by atoms with Gasteiger partial charge in [-0.05, 0) is 72.8 Å². The maximum absolute atomic E-state index is 2.49. The maximum Gasteiger partial charge on any atom is -0.0162 e. The molecule has 0 aliphatic heterocycles. The van der Waals surface area contributed by atoms with Gasteiger partial charge in [-0.15, -0.1) is 0 Å². The van der Waals surface area contributed by atoms with E-state index >= 15 is 0 Å².